The SMILES string of the molecule is CC(C)[C@H](C)OCC#Cc1cc(N2CCC(OC3CC(OC(C)(C)C)C3)CC2)c(C(F)(F)F)cn1. The fourth-order valence-electron chi connectivity index (χ4n) is 4.22. The second-order valence-electron chi connectivity index (χ2n) is 10.9. The first-order valence-electron chi connectivity index (χ1n) is 12.6. The van der Waals surface area contributed by atoms with Crippen LogP contribution in [0.5, 0.6) is 0 Å². The Labute approximate surface area is 207 Å². The van der Waals surface area contributed by atoms with Crippen LogP contribution in [0.2, 0.25) is 0 Å². The summed E-state index contributed by atoms with van der Waals surface area (Å²) in [7, 11) is 0. The van der Waals surface area contributed by atoms with Gasteiger partial charge in [0, 0.05) is 19.3 Å². The number of nitrogens with zero attached hydrogens (tertiary/aromatic N) is 2. The lowest BCUT2D eigenvalue weighted by Crippen LogP contribution is -2.45. The van der Waals surface area contributed by atoms with Crippen LogP contribution < -0.4 is 4.90 Å². The zero-order chi connectivity index (χ0) is 25.8. The Kier molecular flexibility index (Phi) is 9.11. The van der Waals surface area contributed by atoms with E-state index in [9.17, 15) is 13.2 Å². The molecule has 0 unspecified atom stereocenters. The van der Waals surface area contributed by atoms with Crippen molar-refractivity contribution in [3.8, 4) is 11.8 Å². The molecule has 2 heterocycles. The van der Waals surface area contributed by atoms with Gasteiger partial charge < -0.3 is 19.1 Å². The molecule has 1 aliphatic heterocycles. The predicted molar refractivity (Wildman–Crippen MR) is 130 cm³/mol. The van der Waals surface area contributed by atoms with Crippen molar-refractivity contribution in [2.24, 2.45) is 5.92 Å². The van der Waals surface area contributed by atoms with Gasteiger partial charge in [-0.25, -0.2) is 4.98 Å². The highest BCUT2D eigenvalue weighted by Gasteiger charge is 2.38. The molecule has 0 N–H and O–H groups in total. The van der Waals surface area contributed by atoms with E-state index in [1.54, 1.807) is 4.90 Å². The molecule has 1 saturated carbocycles. The summed E-state index contributed by atoms with van der Waals surface area (Å²) < 4.78 is 58.9. The molecule has 1 aromatic heterocycles. The van der Waals surface area contributed by atoms with Crippen molar-refractivity contribution in [1.82, 2.24) is 4.98 Å². The van der Waals surface area contributed by atoms with Gasteiger partial charge in [-0.3, -0.25) is 0 Å². The number of alkyl halides is 3. The maximum atomic E-state index is 13.7. The summed E-state index contributed by atoms with van der Waals surface area (Å²) in [6, 6.07) is 1.45. The van der Waals surface area contributed by atoms with E-state index < -0.39 is 11.7 Å². The van der Waals surface area contributed by atoms with Crippen molar-refractivity contribution in [1.29, 1.82) is 0 Å². The van der Waals surface area contributed by atoms with Crippen molar-refractivity contribution >= 4 is 5.69 Å². The third-order valence-electron chi connectivity index (χ3n) is 6.50. The molecule has 1 aliphatic carbocycles. The van der Waals surface area contributed by atoms with E-state index in [0.717, 1.165) is 19.0 Å². The molecule has 2 fully saturated rings. The number of halogens is 3. The zero-order valence-electron chi connectivity index (χ0n) is 21.7. The maximum Gasteiger partial charge on any atom is 0.419 e. The second-order valence-corrected chi connectivity index (χ2v) is 10.9. The summed E-state index contributed by atoms with van der Waals surface area (Å²) in [5.41, 5.74) is -0.446. The highest BCUT2D eigenvalue weighted by Crippen LogP contribution is 2.38. The van der Waals surface area contributed by atoms with Crippen LogP contribution in [0.25, 0.3) is 0 Å². The van der Waals surface area contributed by atoms with Crippen LogP contribution in [-0.2, 0) is 20.4 Å². The highest BCUT2D eigenvalue weighted by molar-refractivity contribution is 5.57. The van der Waals surface area contributed by atoms with Crippen molar-refractivity contribution in [3.63, 3.8) is 0 Å². The Morgan fingerprint density at radius 2 is 1.71 bits per heavy atom. The topological polar surface area (TPSA) is 43.8 Å². The Morgan fingerprint density at radius 1 is 1.06 bits per heavy atom. The summed E-state index contributed by atoms with van der Waals surface area (Å²) in [6.45, 7) is 13.4. The van der Waals surface area contributed by atoms with Crippen LogP contribution in [0.1, 0.15) is 78.5 Å². The molecule has 0 spiro atoms. The van der Waals surface area contributed by atoms with E-state index in [2.05, 4.69) is 30.7 Å². The number of hydrogen-bond acceptors (Lipinski definition) is 5. The normalized spacial score (nSPS) is 22.5. The smallest absolute Gasteiger partial charge is 0.375 e. The first-order valence-corrected chi connectivity index (χ1v) is 12.6. The highest BCUT2D eigenvalue weighted by atomic mass is 19.4. The standard InChI is InChI=1S/C27H39F3N2O3/c1-18(2)19(3)33-13-7-8-20-14-25(24(17-31-20)27(28,29)30)32-11-9-21(10-12-32)34-22-15-23(16-22)35-26(4,5)6/h14,17-19,21-23H,9-13,15-16H2,1-6H3/t19-,22?,23?/m0/s1. The van der Waals surface area contributed by atoms with Crippen LogP contribution in [0.15, 0.2) is 12.3 Å². The van der Waals surface area contributed by atoms with Gasteiger partial charge >= 0.3 is 6.18 Å². The molecule has 8 heteroatoms. The Bertz CT molecular complexity index is 888. The molecule has 0 radical (unpaired) electrons. The van der Waals surface area contributed by atoms with Gasteiger partial charge in [-0.15, -0.1) is 0 Å². The van der Waals surface area contributed by atoms with E-state index in [4.69, 9.17) is 14.2 Å². The van der Waals surface area contributed by atoms with Gasteiger partial charge in [0.2, 0.25) is 0 Å². The van der Waals surface area contributed by atoms with Crippen molar-refractivity contribution in [2.45, 2.75) is 103 Å². The molecule has 35 heavy (non-hydrogen) atoms. The number of piperidine rings is 1. The van der Waals surface area contributed by atoms with Gasteiger partial charge in [0.05, 0.1) is 41.3 Å². The summed E-state index contributed by atoms with van der Waals surface area (Å²) in [6.07, 6.45) is 0.0465. The third-order valence-corrected chi connectivity index (χ3v) is 6.50. The largest absolute Gasteiger partial charge is 0.419 e. The minimum atomic E-state index is -4.48. The van der Waals surface area contributed by atoms with E-state index in [1.807, 2.05) is 27.7 Å². The van der Waals surface area contributed by atoms with Crippen molar-refractivity contribution < 1.29 is 27.4 Å². The quantitative estimate of drug-likeness (QED) is 0.444. The van der Waals surface area contributed by atoms with Gasteiger partial charge in [0.15, 0.2) is 0 Å². The molecule has 196 valence electrons. The van der Waals surface area contributed by atoms with Crippen molar-refractivity contribution in [3.05, 3.63) is 23.5 Å². The van der Waals surface area contributed by atoms with E-state index in [0.29, 0.717) is 37.5 Å². The summed E-state index contributed by atoms with van der Waals surface area (Å²) in [5, 5.41) is 0. The van der Waals surface area contributed by atoms with Crippen LogP contribution in [-0.4, -0.2) is 54.7 Å². The minimum absolute atomic E-state index is 0.0563. The molecule has 5 nitrogen and oxygen atoms in total. The molecule has 0 aromatic carbocycles. The first kappa shape index (κ1) is 27.8. The lowest BCUT2D eigenvalue weighted by Gasteiger charge is -2.42. The molecular formula is C27H39F3N2O3. The Hall–Kier alpha value is -1.82. The zero-order valence-corrected chi connectivity index (χ0v) is 21.7. The lowest BCUT2D eigenvalue weighted by atomic mass is 9.90. The van der Waals surface area contributed by atoms with Crippen LogP contribution >= 0.6 is 0 Å². The molecule has 1 aromatic rings. The van der Waals surface area contributed by atoms with Gasteiger partial charge in [-0.2, -0.15) is 13.2 Å². The van der Waals surface area contributed by atoms with E-state index >= 15 is 0 Å². The molecular weight excluding hydrogens is 457 g/mol. The van der Waals surface area contributed by atoms with E-state index in [-0.39, 0.29) is 42.3 Å². The predicted octanol–water partition coefficient (Wildman–Crippen LogP) is 5.84. The van der Waals surface area contributed by atoms with Crippen molar-refractivity contribution in [2.75, 3.05) is 24.6 Å². The number of anilines is 1. The Balaban J connectivity index is 1.58. The molecule has 3 rings (SSSR count). The minimum Gasteiger partial charge on any atom is -0.375 e. The maximum absolute atomic E-state index is 13.7. The monoisotopic (exact) mass is 496 g/mol. The van der Waals surface area contributed by atoms with Gasteiger partial charge in [-0.1, -0.05) is 19.8 Å². The van der Waals surface area contributed by atoms with Crippen LogP contribution in [0.4, 0.5) is 18.9 Å². The molecule has 0 amide bonds. The number of rotatable bonds is 7. The fourth-order valence-corrected chi connectivity index (χ4v) is 4.22. The molecule has 2 aliphatic rings. The average Bonchev–Trinajstić information content (AvgIpc) is 2.73. The summed E-state index contributed by atoms with van der Waals surface area (Å²) >= 11 is 0. The van der Waals surface area contributed by atoms with Gasteiger partial charge in [0.25, 0.3) is 0 Å². The van der Waals surface area contributed by atoms with Gasteiger partial charge in [0.1, 0.15) is 12.3 Å². The first-order chi connectivity index (χ1) is 16.3. The molecule has 0 bridgehead atoms. The van der Waals surface area contributed by atoms with Crippen LogP contribution in [0.3, 0.4) is 0 Å². The number of hydrogen-bond donors (Lipinski definition) is 0. The lowest BCUT2D eigenvalue weighted by molar-refractivity contribution is -0.164. The summed E-state index contributed by atoms with van der Waals surface area (Å²) in [5.74, 6) is 6.08. The molecule has 1 saturated heterocycles. The second kappa shape index (κ2) is 11.5. The van der Waals surface area contributed by atoms with E-state index in [1.165, 1.54) is 6.07 Å². The van der Waals surface area contributed by atoms with Gasteiger partial charge in [-0.05, 0) is 71.3 Å². The summed E-state index contributed by atoms with van der Waals surface area (Å²) in [4.78, 5) is 5.72. The number of aromatic nitrogens is 1. The van der Waals surface area contributed by atoms with Crippen LogP contribution in [0, 0.1) is 17.8 Å². The fraction of sp³-hybridized carbons (Fsp3) is 0.741. The average molecular weight is 497 g/mol. The third kappa shape index (κ3) is 8.37. The number of pyridine rings is 1. The number of ether oxygens (including phenoxy) is 3. The Morgan fingerprint density at radius 3 is 2.29 bits per heavy atom. The molecule has 1 atom stereocenters.